The quantitative estimate of drug-likeness (QED) is 0.776. The van der Waals surface area contributed by atoms with Gasteiger partial charge in [0, 0.05) is 19.8 Å². The molecule has 84 valence electrons. The average Bonchev–Trinajstić information content (AvgIpc) is 2.19. The molecule has 3 N–H and O–H groups in total. The number of nitrogens with two attached hydrogens (primary N) is 1. The molecule has 1 aromatic heterocycles. The van der Waals surface area contributed by atoms with Crippen LogP contribution in [0.5, 0.6) is 0 Å². The maximum Gasteiger partial charge on any atom is 0.129 e. The number of methoxy groups -OCH3 is 1. The summed E-state index contributed by atoms with van der Waals surface area (Å²) in [6.07, 6.45) is 2.63. The third kappa shape index (κ3) is 3.75. The van der Waals surface area contributed by atoms with Crippen molar-refractivity contribution in [3.05, 3.63) is 17.8 Å². The number of nitrogen functional groups attached to an aromatic ring is 1. The van der Waals surface area contributed by atoms with Gasteiger partial charge in [0.1, 0.15) is 5.82 Å². The summed E-state index contributed by atoms with van der Waals surface area (Å²) in [6.45, 7) is 4.85. The first-order valence-corrected chi connectivity index (χ1v) is 5.11. The number of hydrogen-bond donors (Lipinski definition) is 2. The van der Waals surface area contributed by atoms with Crippen LogP contribution in [0.2, 0.25) is 0 Å². The lowest BCUT2D eigenvalue weighted by Crippen LogP contribution is -2.18. The second-order valence-electron chi connectivity index (χ2n) is 3.76. The molecule has 4 heteroatoms. The van der Waals surface area contributed by atoms with Gasteiger partial charge in [0.2, 0.25) is 0 Å². The molecular weight excluding hydrogens is 190 g/mol. The third-order valence-electron chi connectivity index (χ3n) is 2.24. The van der Waals surface area contributed by atoms with Gasteiger partial charge in [-0.25, -0.2) is 4.98 Å². The molecule has 1 unspecified atom stereocenters. The van der Waals surface area contributed by atoms with Crippen molar-refractivity contribution in [3.8, 4) is 0 Å². The molecule has 1 atom stereocenters. The van der Waals surface area contributed by atoms with Crippen LogP contribution in [0, 0.1) is 6.92 Å². The minimum Gasteiger partial charge on any atom is -0.397 e. The summed E-state index contributed by atoms with van der Waals surface area (Å²) in [5.74, 6) is 0.896. The van der Waals surface area contributed by atoms with E-state index in [-0.39, 0.29) is 0 Å². The van der Waals surface area contributed by atoms with E-state index >= 15 is 0 Å². The van der Waals surface area contributed by atoms with Crippen molar-refractivity contribution >= 4 is 11.5 Å². The number of hydrogen-bond acceptors (Lipinski definition) is 4. The summed E-state index contributed by atoms with van der Waals surface area (Å²) in [4.78, 5) is 4.25. The molecule has 1 heterocycles. The van der Waals surface area contributed by atoms with Crippen LogP contribution < -0.4 is 11.1 Å². The first kappa shape index (κ1) is 11.8. The highest BCUT2D eigenvalue weighted by Crippen LogP contribution is 2.15. The number of pyridine rings is 1. The molecule has 4 nitrogen and oxygen atoms in total. The zero-order valence-electron chi connectivity index (χ0n) is 9.58. The highest BCUT2D eigenvalue weighted by molar-refractivity contribution is 5.51. The van der Waals surface area contributed by atoms with Crippen molar-refractivity contribution in [2.45, 2.75) is 26.3 Å². The lowest BCUT2D eigenvalue weighted by molar-refractivity contribution is 0.191. The number of ether oxygens (including phenoxy) is 1. The van der Waals surface area contributed by atoms with E-state index < -0.39 is 0 Å². The van der Waals surface area contributed by atoms with E-state index in [0.29, 0.717) is 11.7 Å². The smallest absolute Gasteiger partial charge is 0.129 e. The molecule has 15 heavy (non-hydrogen) atoms. The molecule has 0 saturated carbocycles. The SMILES string of the molecule is COCCC(C)Nc1ncc(N)cc1C. The van der Waals surface area contributed by atoms with Crippen molar-refractivity contribution < 1.29 is 4.74 Å². The van der Waals surface area contributed by atoms with E-state index in [4.69, 9.17) is 10.5 Å². The third-order valence-corrected chi connectivity index (χ3v) is 2.24. The van der Waals surface area contributed by atoms with Gasteiger partial charge in [-0.2, -0.15) is 0 Å². The Morgan fingerprint density at radius 1 is 1.60 bits per heavy atom. The summed E-state index contributed by atoms with van der Waals surface area (Å²) >= 11 is 0. The summed E-state index contributed by atoms with van der Waals surface area (Å²) in [5, 5.41) is 3.33. The standard InChI is InChI=1S/C11H19N3O/c1-8-6-10(12)7-13-11(8)14-9(2)4-5-15-3/h6-7,9H,4-5,12H2,1-3H3,(H,13,14). The van der Waals surface area contributed by atoms with Crippen LogP contribution in [0.4, 0.5) is 11.5 Å². The second kappa shape index (κ2) is 5.56. The highest BCUT2D eigenvalue weighted by Gasteiger charge is 2.05. The van der Waals surface area contributed by atoms with E-state index in [9.17, 15) is 0 Å². The molecule has 0 amide bonds. The summed E-state index contributed by atoms with van der Waals surface area (Å²) < 4.78 is 5.02. The molecule has 0 aliphatic heterocycles. The van der Waals surface area contributed by atoms with Crippen LogP contribution >= 0.6 is 0 Å². The Kier molecular flexibility index (Phi) is 4.37. The van der Waals surface area contributed by atoms with Crippen molar-refractivity contribution in [3.63, 3.8) is 0 Å². The van der Waals surface area contributed by atoms with E-state index in [1.807, 2.05) is 13.0 Å². The topological polar surface area (TPSA) is 60.2 Å². The number of aryl methyl sites for hydroxylation is 1. The van der Waals surface area contributed by atoms with Crippen molar-refractivity contribution in [1.82, 2.24) is 4.98 Å². The van der Waals surface area contributed by atoms with Crippen molar-refractivity contribution in [2.24, 2.45) is 0 Å². The Hall–Kier alpha value is -1.29. The molecule has 0 spiro atoms. The predicted molar refractivity (Wildman–Crippen MR) is 63.0 cm³/mol. The van der Waals surface area contributed by atoms with Gasteiger partial charge in [0.25, 0.3) is 0 Å². The molecule has 0 aliphatic carbocycles. The second-order valence-corrected chi connectivity index (χ2v) is 3.76. The first-order valence-electron chi connectivity index (χ1n) is 5.11. The Morgan fingerprint density at radius 3 is 2.93 bits per heavy atom. The first-order chi connectivity index (χ1) is 7.13. The predicted octanol–water partition coefficient (Wildman–Crippen LogP) is 1.81. The molecule has 1 aromatic rings. The summed E-state index contributed by atoms with van der Waals surface area (Å²) in [5.41, 5.74) is 7.39. The molecule has 0 saturated heterocycles. The Bertz CT molecular complexity index is 315. The molecule has 0 aromatic carbocycles. The minimum absolute atomic E-state index is 0.347. The fourth-order valence-electron chi connectivity index (χ4n) is 1.35. The number of anilines is 2. The van der Waals surface area contributed by atoms with Crippen LogP contribution in [0.15, 0.2) is 12.3 Å². The van der Waals surface area contributed by atoms with Gasteiger partial charge in [-0.3, -0.25) is 0 Å². The van der Waals surface area contributed by atoms with Crippen LogP contribution in [0.25, 0.3) is 0 Å². The fraction of sp³-hybridized carbons (Fsp3) is 0.545. The summed E-state index contributed by atoms with van der Waals surface area (Å²) in [7, 11) is 1.71. The molecule has 0 fully saturated rings. The van der Waals surface area contributed by atoms with Crippen LogP contribution in [0.1, 0.15) is 18.9 Å². The zero-order chi connectivity index (χ0) is 11.3. The van der Waals surface area contributed by atoms with Crippen molar-refractivity contribution in [2.75, 3.05) is 24.8 Å². The number of aromatic nitrogens is 1. The number of nitrogens with zero attached hydrogens (tertiary/aromatic N) is 1. The van der Waals surface area contributed by atoms with Crippen molar-refractivity contribution in [1.29, 1.82) is 0 Å². The molecular formula is C11H19N3O. The largest absolute Gasteiger partial charge is 0.397 e. The minimum atomic E-state index is 0.347. The van der Waals surface area contributed by atoms with E-state index in [1.54, 1.807) is 13.3 Å². The van der Waals surface area contributed by atoms with Gasteiger partial charge in [-0.05, 0) is 31.9 Å². The lowest BCUT2D eigenvalue weighted by Gasteiger charge is -2.15. The lowest BCUT2D eigenvalue weighted by atomic mass is 10.2. The normalized spacial score (nSPS) is 12.5. The van der Waals surface area contributed by atoms with Gasteiger partial charge in [0.15, 0.2) is 0 Å². The van der Waals surface area contributed by atoms with Crippen LogP contribution in [0.3, 0.4) is 0 Å². The summed E-state index contributed by atoms with van der Waals surface area (Å²) in [6, 6.07) is 2.26. The molecule has 0 bridgehead atoms. The Balaban J connectivity index is 2.56. The van der Waals surface area contributed by atoms with Gasteiger partial charge < -0.3 is 15.8 Å². The molecule has 0 aliphatic rings. The van der Waals surface area contributed by atoms with E-state index in [0.717, 1.165) is 24.4 Å². The van der Waals surface area contributed by atoms with Gasteiger partial charge in [-0.15, -0.1) is 0 Å². The Labute approximate surface area is 90.8 Å². The molecule has 0 radical (unpaired) electrons. The Morgan fingerprint density at radius 2 is 2.33 bits per heavy atom. The monoisotopic (exact) mass is 209 g/mol. The number of nitrogens with one attached hydrogen (secondary N) is 1. The van der Waals surface area contributed by atoms with Crippen LogP contribution in [-0.2, 0) is 4.74 Å². The van der Waals surface area contributed by atoms with Gasteiger partial charge in [-0.1, -0.05) is 0 Å². The maximum atomic E-state index is 5.63. The van der Waals surface area contributed by atoms with Gasteiger partial charge >= 0.3 is 0 Å². The highest BCUT2D eigenvalue weighted by atomic mass is 16.5. The average molecular weight is 209 g/mol. The molecule has 1 rings (SSSR count). The fourth-order valence-corrected chi connectivity index (χ4v) is 1.35. The number of rotatable bonds is 5. The van der Waals surface area contributed by atoms with E-state index in [1.165, 1.54) is 0 Å². The maximum absolute atomic E-state index is 5.63. The van der Waals surface area contributed by atoms with E-state index in [2.05, 4.69) is 17.2 Å². The van der Waals surface area contributed by atoms with Crippen LogP contribution in [-0.4, -0.2) is 24.7 Å². The van der Waals surface area contributed by atoms with Gasteiger partial charge in [0.05, 0.1) is 11.9 Å². The zero-order valence-corrected chi connectivity index (χ0v) is 9.58.